The second kappa shape index (κ2) is 4.64. The molecule has 17 heavy (non-hydrogen) atoms. The molecule has 0 radical (unpaired) electrons. The molecule has 90 valence electrons. The number of hydrogen-bond acceptors (Lipinski definition) is 6. The van der Waals surface area contributed by atoms with Crippen molar-refractivity contribution < 1.29 is 9.32 Å². The summed E-state index contributed by atoms with van der Waals surface area (Å²) in [5, 5.41) is 10.2. The normalized spacial score (nSPS) is 10.4. The van der Waals surface area contributed by atoms with E-state index in [2.05, 4.69) is 25.1 Å². The molecule has 0 aromatic carbocycles. The van der Waals surface area contributed by atoms with Gasteiger partial charge in [0.2, 0.25) is 6.39 Å². The fourth-order valence-corrected chi connectivity index (χ4v) is 1.41. The van der Waals surface area contributed by atoms with Gasteiger partial charge < -0.3 is 15.6 Å². The van der Waals surface area contributed by atoms with Crippen molar-refractivity contribution in [3.05, 3.63) is 24.1 Å². The summed E-state index contributed by atoms with van der Waals surface area (Å²) in [6.45, 7) is 0.406. The SMILES string of the molecule is Cn1ncc(N)c1C(=O)NCCc1ncon1. The van der Waals surface area contributed by atoms with Crippen LogP contribution in [0.3, 0.4) is 0 Å². The minimum Gasteiger partial charge on any atom is -0.396 e. The van der Waals surface area contributed by atoms with Crippen molar-refractivity contribution in [2.45, 2.75) is 6.42 Å². The summed E-state index contributed by atoms with van der Waals surface area (Å²) >= 11 is 0. The number of aryl methyl sites for hydroxylation is 1. The van der Waals surface area contributed by atoms with Crippen LogP contribution in [0.1, 0.15) is 16.3 Å². The highest BCUT2D eigenvalue weighted by Gasteiger charge is 2.14. The van der Waals surface area contributed by atoms with Gasteiger partial charge in [-0.3, -0.25) is 9.48 Å². The third-order valence-corrected chi connectivity index (χ3v) is 2.22. The van der Waals surface area contributed by atoms with E-state index in [1.165, 1.54) is 17.3 Å². The van der Waals surface area contributed by atoms with Crippen molar-refractivity contribution in [2.24, 2.45) is 7.05 Å². The molecule has 0 saturated heterocycles. The van der Waals surface area contributed by atoms with E-state index in [9.17, 15) is 4.79 Å². The van der Waals surface area contributed by atoms with Gasteiger partial charge >= 0.3 is 0 Å². The molecule has 0 bridgehead atoms. The Morgan fingerprint density at radius 2 is 2.47 bits per heavy atom. The molecule has 2 aromatic rings. The smallest absolute Gasteiger partial charge is 0.271 e. The largest absolute Gasteiger partial charge is 0.396 e. The van der Waals surface area contributed by atoms with Crippen LogP contribution >= 0.6 is 0 Å². The third-order valence-electron chi connectivity index (χ3n) is 2.22. The van der Waals surface area contributed by atoms with Crippen LogP contribution in [0.15, 0.2) is 17.1 Å². The Morgan fingerprint density at radius 1 is 1.65 bits per heavy atom. The number of hydrogen-bond donors (Lipinski definition) is 2. The van der Waals surface area contributed by atoms with Crippen molar-refractivity contribution in [3.8, 4) is 0 Å². The standard InChI is InChI=1S/C9H12N6O2/c1-15-8(6(10)4-13-15)9(16)11-3-2-7-12-5-17-14-7/h4-5H,2-3,10H2,1H3,(H,11,16). The third kappa shape index (κ3) is 2.41. The van der Waals surface area contributed by atoms with Gasteiger partial charge in [0.25, 0.3) is 5.91 Å². The average Bonchev–Trinajstić information content (AvgIpc) is 2.89. The fourth-order valence-electron chi connectivity index (χ4n) is 1.41. The maximum atomic E-state index is 11.8. The zero-order valence-corrected chi connectivity index (χ0v) is 9.25. The Hall–Kier alpha value is -2.38. The van der Waals surface area contributed by atoms with Crippen molar-refractivity contribution in [1.29, 1.82) is 0 Å². The van der Waals surface area contributed by atoms with Gasteiger partial charge in [0.05, 0.1) is 11.9 Å². The summed E-state index contributed by atoms with van der Waals surface area (Å²) in [5.41, 5.74) is 6.32. The Bertz CT molecular complexity index is 484. The molecule has 2 rings (SSSR count). The lowest BCUT2D eigenvalue weighted by molar-refractivity contribution is 0.0945. The molecule has 0 aliphatic carbocycles. The van der Waals surface area contributed by atoms with Crippen LogP contribution in [0, 0.1) is 0 Å². The summed E-state index contributed by atoms with van der Waals surface area (Å²) in [6.07, 6.45) is 3.18. The summed E-state index contributed by atoms with van der Waals surface area (Å²) in [5.74, 6) is 0.272. The van der Waals surface area contributed by atoms with Gasteiger partial charge in [-0.1, -0.05) is 5.16 Å². The topological polar surface area (TPSA) is 112 Å². The number of carbonyl (C=O) groups is 1. The van der Waals surface area contributed by atoms with Crippen molar-refractivity contribution >= 4 is 11.6 Å². The number of nitrogens with one attached hydrogen (secondary N) is 1. The van der Waals surface area contributed by atoms with Gasteiger partial charge in [-0.15, -0.1) is 0 Å². The number of carbonyl (C=O) groups excluding carboxylic acids is 1. The summed E-state index contributed by atoms with van der Waals surface area (Å²) in [4.78, 5) is 15.6. The van der Waals surface area contributed by atoms with Gasteiger partial charge in [0.1, 0.15) is 5.69 Å². The van der Waals surface area contributed by atoms with Gasteiger partial charge in [0.15, 0.2) is 5.82 Å². The molecule has 0 aliphatic rings. The van der Waals surface area contributed by atoms with Gasteiger partial charge in [-0.25, -0.2) is 0 Å². The number of nitrogens with zero attached hydrogens (tertiary/aromatic N) is 4. The maximum Gasteiger partial charge on any atom is 0.271 e. The lowest BCUT2D eigenvalue weighted by Gasteiger charge is -2.04. The summed E-state index contributed by atoms with van der Waals surface area (Å²) in [7, 11) is 1.66. The highest BCUT2D eigenvalue weighted by atomic mass is 16.5. The first-order chi connectivity index (χ1) is 8.18. The number of nitrogens with two attached hydrogens (primary N) is 1. The molecule has 0 fully saturated rings. The van der Waals surface area contributed by atoms with Gasteiger partial charge in [-0.2, -0.15) is 10.1 Å². The summed E-state index contributed by atoms with van der Waals surface area (Å²) in [6, 6.07) is 0. The number of rotatable bonds is 4. The van der Waals surface area contributed by atoms with Crippen LogP contribution in [0.5, 0.6) is 0 Å². The zero-order valence-electron chi connectivity index (χ0n) is 9.25. The monoisotopic (exact) mass is 236 g/mol. The Balaban J connectivity index is 1.90. The first-order valence-corrected chi connectivity index (χ1v) is 4.99. The number of nitrogen functional groups attached to an aromatic ring is 1. The highest BCUT2D eigenvalue weighted by molar-refractivity contribution is 5.97. The second-order valence-electron chi connectivity index (χ2n) is 3.43. The van der Waals surface area contributed by atoms with Gasteiger partial charge in [0, 0.05) is 20.0 Å². The van der Waals surface area contributed by atoms with Gasteiger partial charge in [-0.05, 0) is 0 Å². The molecule has 0 atom stereocenters. The van der Waals surface area contributed by atoms with E-state index in [1.54, 1.807) is 7.05 Å². The van der Waals surface area contributed by atoms with E-state index in [4.69, 9.17) is 5.73 Å². The van der Waals surface area contributed by atoms with Crippen molar-refractivity contribution in [1.82, 2.24) is 25.2 Å². The van der Waals surface area contributed by atoms with Crippen LogP contribution in [-0.2, 0) is 13.5 Å². The molecular weight excluding hydrogens is 224 g/mol. The van der Waals surface area contributed by atoms with Crippen LogP contribution in [0.2, 0.25) is 0 Å². The maximum absolute atomic E-state index is 11.8. The predicted octanol–water partition coefficient (Wildman–Crippen LogP) is -0.642. The second-order valence-corrected chi connectivity index (χ2v) is 3.43. The quantitative estimate of drug-likeness (QED) is 0.730. The molecular formula is C9H12N6O2. The van der Waals surface area contributed by atoms with Crippen molar-refractivity contribution in [2.75, 3.05) is 12.3 Å². The molecule has 8 heteroatoms. The van der Waals surface area contributed by atoms with E-state index in [-0.39, 0.29) is 5.91 Å². The minimum absolute atomic E-state index is 0.272. The Labute approximate surface area is 96.8 Å². The van der Waals surface area contributed by atoms with E-state index in [0.29, 0.717) is 30.2 Å². The summed E-state index contributed by atoms with van der Waals surface area (Å²) < 4.78 is 6.00. The molecule has 8 nitrogen and oxygen atoms in total. The van der Waals surface area contributed by atoms with E-state index < -0.39 is 0 Å². The lowest BCUT2D eigenvalue weighted by atomic mass is 10.3. The van der Waals surface area contributed by atoms with Crippen LogP contribution in [0.4, 0.5) is 5.69 Å². The van der Waals surface area contributed by atoms with Crippen LogP contribution < -0.4 is 11.1 Å². The van der Waals surface area contributed by atoms with Crippen LogP contribution in [0.25, 0.3) is 0 Å². The Morgan fingerprint density at radius 3 is 3.06 bits per heavy atom. The first kappa shape index (κ1) is 11.1. The number of aromatic nitrogens is 4. The minimum atomic E-state index is -0.272. The molecule has 0 spiro atoms. The average molecular weight is 236 g/mol. The lowest BCUT2D eigenvalue weighted by Crippen LogP contribution is -2.28. The molecule has 3 N–H and O–H groups in total. The fraction of sp³-hybridized carbons (Fsp3) is 0.333. The zero-order chi connectivity index (χ0) is 12.3. The van der Waals surface area contributed by atoms with E-state index in [0.717, 1.165) is 0 Å². The molecule has 0 saturated carbocycles. The predicted molar refractivity (Wildman–Crippen MR) is 58.0 cm³/mol. The molecule has 1 amide bonds. The Kier molecular flexibility index (Phi) is 3.03. The molecule has 2 aromatic heterocycles. The number of anilines is 1. The van der Waals surface area contributed by atoms with Crippen molar-refractivity contribution in [3.63, 3.8) is 0 Å². The molecule has 0 unspecified atom stereocenters. The molecule has 2 heterocycles. The van der Waals surface area contributed by atoms with E-state index >= 15 is 0 Å². The number of amides is 1. The van der Waals surface area contributed by atoms with Crippen LogP contribution in [-0.4, -0.2) is 32.4 Å². The first-order valence-electron chi connectivity index (χ1n) is 4.99. The van der Waals surface area contributed by atoms with E-state index in [1.807, 2.05) is 0 Å². The molecule has 0 aliphatic heterocycles. The highest BCUT2D eigenvalue weighted by Crippen LogP contribution is 2.08.